The Bertz CT molecular complexity index is 697. The number of halogens is 1. The molecule has 0 bridgehead atoms. The van der Waals surface area contributed by atoms with Gasteiger partial charge in [0, 0.05) is 6.07 Å². The van der Waals surface area contributed by atoms with Crippen molar-refractivity contribution in [3.05, 3.63) is 53.2 Å². The molecule has 1 heterocycles. The number of benzene rings is 1. The number of rotatable bonds is 4. The van der Waals surface area contributed by atoms with Gasteiger partial charge in [0.25, 0.3) is 11.8 Å². The molecule has 0 unspecified atom stereocenters. The van der Waals surface area contributed by atoms with Gasteiger partial charge >= 0.3 is 0 Å². The summed E-state index contributed by atoms with van der Waals surface area (Å²) in [4.78, 5) is 23.4. The van der Waals surface area contributed by atoms with Crippen molar-refractivity contribution >= 4 is 11.8 Å². The number of aryl methyl sites for hydroxylation is 2. The van der Waals surface area contributed by atoms with E-state index in [9.17, 15) is 14.0 Å². The second-order valence-corrected chi connectivity index (χ2v) is 4.58. The lowest BCUT2D eigenvalue weighted by Gasteiger charge is -2.08. The topological polar surface area (TPSA) is 80.6 Å². The molecule has 0 atom stereocenters. The number of carbonyl (C=O) groups excluding carboxylic acids is 2. The van der Waals surface area contributed by atoms with Crippen LogP contribution in [-0.2, 0) is 4.79 Å². The molecule has 22 heavy (non-hydrogen) atoms. The number of carbonyl (C=O) groups is 2. The molecule has 0 radical (unpaired) electrons. The molecule has 1 aromatic carbocycles. The van der Waals surface area contributed by atoms with Crippen LogP contribution in [0.1, 0.15) is 21.9 Å². The summed E-state index contributed by atoms with van der Waals surface area (Å²) in [7, 11) is 0. The van der Waals surface area contributed by atoms with Crippen LogP contribution in [0.25, 0.3) is 0 Å². The predicted octanol–water partition coefficient (Wildman–Crippen LogP) is 1.88. The average Bonchev–Trinajstić information content (AvgIpc) is 2.81. The van der Waals surface area contributed by atoms with Crippen LogP contribution < -0.4 is 15.6 Å². The molecule has 0 aliphatic heterocycles. The van der Waals surface area contributed by atoms with Crippen LogP contribution in [0.2, 0.25) is 0 Å². The number of ether oxygens (including phenoxy) is 1. The summed E-state index contributed by atoms with van der Waals surface area (Å²) in [6.45, 7) is 3.01. The van der Waals surface area contributed by atoms with Gasteiger partial charge in [-0.1, -0.05) is 6.07 Å². The van der Waals surface area contributed by atoms with Gasteiger partial charge in [-0.25, -0.2) is 4.39 Å². The van der Waals surface area contributed by atoms with E-state index in [1.165, 1.54) is 18.2 Å². The van der Waals surface area contributed by atoms with Crippen molar-refractivity contribution in [2.24, 2.45) is 0 Å². The minimum Gasteiger partial charge on any atom is -0.484 e. The molecule has 2 rings (SSSR count). The van der Waals surface area contributed by atoms with Gasteiger partial charge in [-0.15, -0.1) is 0 Å². The molecule has 0 spiro atoms. The Morgan fingerprint density at radius 1 is 1.23 bits per heavy atom. The van der Waals surface area contributed by atoms with Crippen LogP contribution in [0.3, 0.4) is 0 Å². The van der Waals surface area contributed by atoms with Gasteiger partial charge in [0.05, 0.1) is 5.56 Å². The molecule has 0 aliphatic carbocycles. The first kappa shape index (κ1) is 15.6. The highest BCUT2D eigenvalue weighted by molar-refractivity contribution is 5.96. The van der Waals surface area contributed by atoms with E-state index in [1.54, 1.807) is 19.9 Å². The summed E-state index contributed by atoms with van der Waals surface area (Å²) in [6.07, 6.45) is 0. The van der Waals surface area contributed by atoms with Crippen molar-refractivity contribution in [2.75, 3.05) is 6.61 Å². The van der Waals surface area contributed by atoms with Gasteiger partial charge in [-0.3, -0.25) is 20.4 Å². The zero-order valence-corrected chi connectivity index (χ0v) is 12.1. The van der Waals surface area contributed by atoms with Crippen LogP contribution in [0.5, 0.6) is 5.75 Å². The van der Waals surface area contributed by atoms with Gasteiger partial charge < -0.3 is 9.15 Å². The fourth-order valence-corrected chi connectivity index (χ4v) is 1.79. The fraction of sp³-hybridized carbons (Fsp3) is 0.200. The van der Waals surface area contributed by atoms with E-state index in [4.69, 9.17) is 9.15 Å². The predicted molar refractivity (Wildman–Crippen MR) is 75.7 cm³/mol. The lowest BCUT2D eigenvalue weighted by Crippen LogP contribution is -2.43. The first-order valence-electron chi connectivity index (χ1n) is 6.50. The maximum atomic E-state index is 12.9. The van der Waals surface area contributed by atoms with E-state index in [0.717, 1.165) is 6.07 Å². The smallest absolute Gasteiger partial charge is 0.276 e. The van der Waals surface area contributed by atoms with E-state index in [2.05, 4.69) is 10.9 Å². The normalized spacial score (nSPS) is 10.1. The Balaban J connectivity index is 1.80. The van der Waals surface area contributed by atoms with E-state index in [0.29, 0.717) is 17.1 Å². The Morgan fingerprint density at radius 2 is 2.00 bits per heavy atom. The van der Waals surface area contributed by atoms with Crippen molar-refractivity contribution in [3.8, 4) is 5.75 Å². The Kier molecular flexibility index (Phi) is 4.77. The van der Waals surface area contributed by atoms with Crippen LogP contribution in [-0.4, -0.2) is 18.4 Å². The maximum absolute atomic E-state index is 12.9. The fourth-order valence-electron chi connectivity index (χ4n) is 1.79. The SMILES string of the molecule is Cc1cc(C(=O)NNC(=O)COc2cccc(F)c2)c(C)o1. The van der Waals surface area contributed by atoms with Crippen LogP contribution in [0, 0.1) is 19.7 Å². The monoisotopic (exact) mass is 306 g/mol. The van der Waals surface area contributed by atoms with Gasteiger partial charge in [0.2, 0.25) is 0 Å². The minimum atomic E-state index is -0.574. The third-order valence-corrected chi connectivity index (χ3v) is 2.77. The van der Waals surface area contributed by atoms with E-state index < -0.39 is 17.6 Å². The van der Waals surface area contributed by atoms with Crippen molar-refractivity contribution in [1.82, 2.24) is 10.9 Å². The summed E-state index contributed by atoms with van der Waals surface area (Å²) in [5.41, 5.74) is 4.79. The lowest BCUT2D eigenvalue weighted by molar-refractivity contribution is -0.123. The molecule has 0 aliphatic rings. The van der Waals surface area contributed by atoms with E-state index >= 15 is 0 Å². The van der Waals surface area contributed by atoms with Crippen molar-refractivity contribution in [3.63, 3.8) is 0 Å². The van der Waals surface area contributed by atoms with Gasteiger partial charge in [0.15, 0.2) is 6.61 Å². The first-order chi connectivity index (χ1) is 10.5. The van der Waals surface area contributed by atoms with Crippen LogP contribution in [0.4, 0.5) is 4.39 Å². The molecule has 2 amide bonds. The van der Waals surface area contributed by atoms with E-state index in [1.807, 2.05) is 0 Å². The zero-order valence-electron chi connectivity index (χ0n) is 12.1. The molecule has 0 fully saturated rings. The van der Waals surface area contributed by atoms with Gasteiger partial charge in [-0.2, -0.15) is 0 Å². The number of hydrogen-bond donors (Lipinski definition) is 2. The van der Waals surface area contributed by atoms with Crippen LogP contribution in [0.15, 0.2) is 34.7 Å². The second-order valence-electron chi connectivity index (χ2n) is 4.58. The first-order valence-corrected chi connectivity index (χ1v) is 6.50. The quantitative estimate of drug-likeness (QED) is 0.845. The minimum absolute atomic E-state index is 0.225. The number of furan rings is 1. The van der Waals surface area contributed by atoms with E-state index in [-0.39, 0.29) is 12.4 Å². The lowest BCUT2D eigenvalue weighted by atomic mass is 10.2. The number of hydrazine groups is 1. The standard InChI is InChI=1S/C15H15FN2O4/c1-9-6-13(10(2)22-9)15(20)18-17-14(19)8-21-12-5-3-4-11(16)7-12/h3-7H,8H2,1-2H3,(H,17,19)(H,18,20). The molecule has 116 valence electrons. The van der Waals surface area contributed by atoms with Gasteiger partial charge in [0.1, 0.15) is 23.1 Å². The molecular formula is C15H15FN2O4. The van der Waals surface area contributed by atoms with Gasteiger partial charge in [-0.05, 0) is 32.0 Å². The molecular weight excluding hydrogens is 291 g/mol. The Labute approximate surface area is 126 Å². The molecule has 1 aromatic heterocycles. The third-order valence-electron chi connectivity index (χ3n) is 2.77. The number of hydrogen-bond acceptors (Lipinski definition) is 4. The highest BCUT2D eigenvalue weighted by Gasteiger charge is 2.14. The molecule has 6 nitrogen and oxygen atoms in total. The zero-order chi connectivity index (χ0) is 16.1. The summed E-state index contributed by atoms with van der Waals surface area (Å²) in [6, 6.07) is 6.98. The molecule has 0 saturated carbocycles. The Morgan fingerprint density at radius 3 is 2.64 bits per heavy atom. The summed E-state index contributed by atoms with van der Waals surface area (Å²) < 4.78 is 23.2. The summed E-state index contributed by atoms with van der Waals surface area (Å²) in [5, 5.41) is 0. The highest BCUT2D eigenvalue weighted by atomic mass is 19.1. The van der Waals surface area contributed by atoms with Crippen molar-refractivity contribution in [2.45, 2.75) is 13.8 Å². The maximum Gasteiger partial charge on any atom is 0.276 e. The Hall–Kier alpha value is -2.83. The van der Waals surface area contributed by atoms with Crippen molar-refractivity contribution in [1.29, 1.82) is 0 Å². The number of nitrogens with one attached hydrogen (secondary N) is 2. The third kappa shape index (κ3) is 4.08. The molecule has 2 aromatic rings. The number of amides is 2. The second kappa shape index (κ2) is 6.75. The molecule has 7 heteroatoms. The largest absolute Gasteiger partial charge is 0.484 e. The van der Waals surface area contributed by atoms with Crippen molar-refractivity contribution < 1.29 is 23.1 Å². The molecule has 0 saturated heterocycles. The average molecular weight is 306 g/mol. The van der Waals surface area contributed by atoms with Crippen LogP contribution >= 0.6 is 0 Å². The highest BCUT2D eigenvalue weighted by Crippen LogP contribution is 2.13. The molecule has 2 N–H and O–H groups in total. The summed E-state index contributed by atoms with van der Waals surface area (Å²) in [5.74, 6) is -0.243. The summed E-state index contributed by atoms with van der Waals surface area (Å²) >= 11 is 0.